The van der Waals surface area contributed by atoms with Crippen molar-refractivity contribution in [2.24, 2.45) is 0 Å². The Morgan fingerprint density at radius 3 is 2.57 bits per heavy atom. The summed E-state index contributed by atoms with van der Waals surface area (Å²) in [5.41, 5.74) is -0.596. The van der Waals surface area contributed by atoms with Crippen LogP contribution >= 0.6 is 31.9 Å². The average Bonchev–Trinajstić information content (AvgIpc) is 2.44. The van der Waals surface area contributed by atoms with Gasteiger partial charge < -0.3 is 4.74 Å². The fourth-order valence-electron chi connectivity index (χ4n) is 1.61. The van der Waals surface area contributed by atoms with E-state index >= 15 is 0 Å². The van der Waals surface area contributed by atoms with Gasteiger partial charge in [0.25, 0.3) is 0 Å². The van der Waals surface area contributed by atoms with Gasteiger partial charge in [-0.25, -0.2) is 8.78 Å². The van der Waals surface area contributed by atoms with Crippen LogP contribution in [0.5, 0.6) is 5.75 Å². The summed E-state index contributed by atoms with van der Waals surface area (Å²) in [7, 11) is 0. The molecule has 0 fully saturated rings. The molecule has 2 rings (SSSR count). The second-order valence-corrected chi connectivity index (χ2v) is 5.75. The molecular formula is C13H7Br2F2NO3. The van der Waals surface area contributed by atoms with Crippen molar-refractivity contribution in [1.82, 2.24) is 0 Å². The summed E-state index contributed by atoms with van der Waals surface area (Å²) in [6, 6.07) is 6.47. The third kappa shape index (κ3) is 3.56. The molecule has 0 aliphatic rings. The molecule has 2 aromatic carbocycles. The first-order chi connectivity index (χ1) is 9.90. The Kier molecular flexibility index (Phi) is 4.89. The Bertz CT molecular complexity index is 710. The predicted octanol–water partition coefficient (Wildman–Crippen LogP) is 4.98. The monoisotopic (exact) mass is 421 g/mol. The van der Waals surface area contributed by atoms with E-state index in [0.717, 1.165) is 6.07 Å². The van der Waals surface area contributed by atoms with Crippen LogP contribution in [-0.4, -0.2) is 4.92 Å². The summed E-state index contributed by atoms with van der Waals surface area (Å²) in [5, 5.41) is 10.9. The molecule has 0 saturated carbocycles. The molecule has 0 amide bonds. The molecule has 2 aromatic rings. The first kappa shape index (κ1) is 15.8. The Labute approximate surface area is 135 Å². The van der Waals surface area contributed by atoms with Crippen molar-refractivity contribution in [3.05, 3.63) is 66.6 Å². The minimum absolute atomic E-state index is 0.0676. The third-order valence-corrected chi connectivity index (χ3v) is 3.73. The van der Waals surface area contributed by atoms with Gasteiger partial charge in [-0.15, -0.1) is 0 Å². The zero-order valence-electron chi connectivity index (χ0n) is 10.3. The normalized spacial score (nSPS) is 10.5. The van der Waals surface area contributed by atoms with Crippen LogP contribution in [0.2, 0.25) is 0 Å². The second-order valence-electron chi connectivity index (χ2n) is 3.98. The molecule has 8 heteroatoms. The van der Waals surface area contributed by atoms with Crippen LogP contribution in [-0.2, 0) is 6.61 Å². The summed E-state index contributed by atoms with van der Waals surface area (Å²) in [5.74, 6) is -1.65. The quantitative estimate of drug-likeness (QED) is 0.396. The molecular weight excluding hydrogens is 416 g/mol. The van der Waals surface area contributed by atoms with Gasteiger partial charge in [0.05, 0.1) is 15.0 Å². The molecule has 0 aliphatic carbocycles. The summed E-state index contributed by atoms with van der Waals surface area (Å²) in [6.45, 7) is -0.459. The van der Waals surface area contributed by atoms with Crippen LogP contribution in [0, 0.1) is 21.7 Å². The van der Waals surface area contributed by atoms with Crippen LogP contribution < -0.4 is 4.74 Å². The minimum atomic E-state index is -0.797. The van der Waals surface area contributed by atoms with Gasteiger partial charge >= 0.3 is 5.69 Å². The van der Waals surface area contributed by atoms with E-state index < -0.39 is 23.2 Å². The van der Waals surface area contributed by atoms with Crippen molar-refractivity contribution in [3.63, 3.8) is 0 Å². The van der Waals surface area contributed by atoms with Crippen LogP contribution in [0.3, 0.4) is 0 Å². The summed E-state index contributed by atoms with van der Waals surface area (Å²) in [4.78, 5) is 10.3. The van der Waals surface area contributed by atoms with Crippen molar-refractivity contribution in [2.75, 3.05) is 0 Å². The maximum Gasteiger partial charge on any atom is 0.312 e. The van der Waals surface area contributed by atoms with E-state index in [0.29, 0.717) is 4.47 Å². The molecule has 0 aromatic heterocycles. The molecule has 110 valence electrons. The number of ether oxygens (including phenoxy) is 1. The predicted molar refractivity (Wildman–Crippen MR) is 79.2 cm³/mol. The molecule has 0 aliphatic heterocycles. The number of hydrogen-bond acceptors (Lipinski definition) is 3. The Hall–Kier alpha value is -1.54. The SMILES string of the molecule is O=[N+]([O-])c1cc(Br)ccc1OCc1c(F)ccc(Br)c1F. The zero-order chi connectivity index (χ0) is 15.6. The Morgan fingerprint density at radius 1 is 1.19 bits per heavy atom. The van der Waals surface area contributed by atoms with Crippen molar-refractivity contribution in [2.45, 2.75) is 6.61 Å². The summed E-state index contributed by atoms with van der Waals surface area (Å²) >= 11 is 6.05. The lowest BCUT2D eigenvalue weighted by molar-refractivity contribution is -0.386. The number of halogens is 4. The lowest BCUT2D eigenvalue weighted by Gasteiger charge is -2.09. The lowest BCUT2D eigenvalue weighted by atomic mass is 10.2. The summed E-state index contributed by atoms with van der Waals surface area (Å²) < 4.78 is 33.1. The average molecular weight is 423 g/mol. The molecule has 0 heterocycles. The Morgan fingerprint density at radius 2 is 1.90 bits per heavy atom. The maximum absolute atomic E-state index is 13.8. The molecule has 0 radical (unpaired) electrons. The van der Waals surface area contributed by atoms with Crippen molar-refractivity contribution in [1.29, 1.82) is 0 Å². The van der Waals surface area contributed by atoms with E-state index in [4.69, 9.17) is 4.74 Å². The van der Waals surface area contributed by atoms with Gasteiger partial charge in [0.15, 0.2) is 5.75 Å². The molecule has 0 unspecified atom stereocenters. The van der Waals surface area contributed by atoms with Crippen molar-refractivity contribution in [3.8, 4) is 5.75 Å². The van der Waals surface area contributed by atoms with E-state index in [1.165, 1.54) is 24.3 Å². The highest BCUT2D eigenvalue weighted by Crippen LogP contribution is 2.31. The fraction of sp³-hybridized carbons (Fsp3) is 0.0769. The van der Waals surface area contributed by atoms with Gasteiger partial charge in [-0.1, -0.05) is 15.9 Å². The van der Waals surface area contributed by atoms with Gasteiger partial charge in [-0.2, -0.15) is 0 Å². The molecule has 0 bridgehead atoms. The number of nitro benzene ring substituents is 1. The summed E-state index contributed by atoms with van der Waals surface area (Å²) in [6.07, 6.45) is 0. The zero-order valence-corrected chi connectivity index (χ0v) is 13.4. The van der Waals surface area contributed by atoms with Crippen LogP contribution in [0.25, 0.3) is 0 Å². The Balaban J connectivity index is 2.29. The number of hydrogen-bond donors (Lipinski definition) is 0. The highest BCUT2D eigenvalue weighted by atomic mass is 79.9. The smallest absolute Gasteiger partial charge is 0.312 e. The number of nitrogens with zero attached hydrogens (tertiary/aromatic N) is 1. The molecule has 21 heavy (non-hydrogen) atoms. The third-order valence-electron chi connectivity index (χ3n) is 2.63. The second kappa shape index (κ2) is 6.48. The molecule has 0 spiro atoms. The van der Waals surface area contributed by atoms with Gasteiger partial charge in [0, 0.05) is 10.5 Å². The van der Waals surface area contributed by atoms with Crippen LogP contribution in [0.15, 0.2) is 39.3 Å². The van der Waals surface area contributed by atoms with E-state index in [-0.39, 0.29) is 21.5 Å². The van der Waals surface area contributed by atoms with Crippen LogP contribution in [0.4, 0.5) is 14.5 Å². The van der Waals surface area contributed by atoms with Crippen LogP contribution in [0.1, 0.15) is 5.56 Å². The first-order valence-electron chi connectivity index (χ1n) is 5.59. The minimum Gasteiger partial charge on any atom is -0.482 e. The molecule has 0 N–H and O–H groups in total. The van der Waals surface area contributed by atoms with Crippen molar-refractivity contribution < 1.29 is 18.4 Å². The van der Waals surface area contributed by atoms with E-state index in [1.807, 2.05) is 0 Å². The molecule has 4 nitrogen and oxygen atoms in total. The highest BCUT2D eigenvalue weighted by Gasteiger charge is 2.18. The van der Waals surface area contributed by atoms with E-state index in [1.54, 1.807) is 0 Å². The number of rotatable bonds is 4. The van der Waals surface area contributed by atoms with E-state index in [9.17, 15) is 18.9 Å². The number of nitro groups is 1. The standard InChI is InChI=1S/C13H7Br2F2NO3/c14-7-1-4-12(11(5-7)18(19)20)21-6-8-10(16)3-2-9(15)13(8)17/h1-5H,6H2. The number of benzene rings is 2. The van der Waals surface area contributed by atoms with Gasteiger partial charge in [0.2, 0.25) is 0 Å². The van der Waals surface area contributed by atoms with E-state index in [2.05, 4.69) is 31.9 Å². The largest absolute Gasteiger partial charge is 0.482 e. The topological polar surface area (TPSA) is 52.4 Å². The van der Waals surface area contributed by atoms with Gasteiger partial charge in [0.1, 0.15) is 18.2 Å². The lowest BCUT2D eigenvalue weighted by Crippen LogP contribution is -2.04. The maximum atomic E-state index is 13.8. The van der Waals surface area contributed by atoms with Gasteiger partial charge in [-0.05, 0) is 40.2 Å². The van der Waals surface area contributed by atoms with Gasteiger partial charge in [-0.3, -0.25) is 10.1 Å². The fourth-order valence-corrected chi connectivity index (χ4v) is 2.33. The molecule has 0 atom stereocenters. The van der Waals surface area contributed by atoms with Crippen molar-refractivity contribution >= 4 is 37.5 Å². The highest BCUT2D eigenvalue weighted by molar-refractivity contribution is 9.10. The molecule has 0 saturated heterocycles. The first-order valence-corrected chi connectivity index (χ1v) is 7.18.